The second-order valence-corrected chi connectivity index (χ2v) is 7.90. The summed E-state index contributed by atoms with van der Waals surface area (Å²) in [4.78, 5) is 12.5. The number of carbonyl (C=O) groups is 1. The number of carbonyl (C=O) groups excluding carboxylic acids is 1. The maximum Gasteiger partial charge on any atom is 0.231 e. The molecule has 2 rings (SSSR count). The maximum atomic E-state index is 13.7. The molecule has 0 heterocycles. The Balaban J connectivity index is 1.81. The molecule has 2 aromatic rings. The largest absolute Gasteiger partial charge is 0.493 e. The lowest BCUT2D eigenvalue weighted by Gasteiger charge is -2.24. The van der Waals surface area contributed by atoms with E-state index in [2.05, 4.69) is 10.6 Å². The van der Waals surface area contributed by atoms with E-state index in [0.29, 0.717) is 13.0 Å². The standard InChI is InChI=1S/C22H27FN2O2S/c1-15-10-11-16(2)19(14-15)27-13-7-12-22(3,4)20(26)25-21(28)24-18-9-6-5-8-17(18)23/h5-6,8-11,14H,7,12-13H2,1-4H3,(H2,24,25,26,28). The van der Waals surface area contributed by atoms with E-state index in [4.69, 9.17) is 17.0 Å². The zero-order chi connectivity index (χ0) is 20.7. The van der Waals surface area contributed by atoms with Gasteiger partial charge in [0.1, 0.15) is 11.6 Å². The minimum Gasteiger partial charge on any atom is -0.493 e. The summed E-state index contributed by atoms with van der Waals surface area (Å²) in [7, 11) is 0. The van der Waals surface area contributed by atoms with E-state index in [1.807, 2.05) is 45.9 Å². The average Bonchev–Trinajstić information content (AvgIpc) is 2.63. The molecule has 1 amide bonds. The zero-order valence-corrected chi connectivity index (χ0v) is 17.6. The van der Waals surface area contributed by atoms with Gasteiger partial charge in [-0.15, -0.1) is 0 Å². The zero-order valence-electron chi connectivity index (χ0n) is 16.8. The molecule has 0 bridgehead atoms. The highest BCUT2D eigenvalue weighted by Gasteiger charge is 2.28. The minimum atomic E-state index is -0.633. The number of amides is 1. The molecule has 0 spiro atoms. The van der Waals surface area contributed by atoms with Gasteiger partial charge in [0.15, 0.2) is 5.11 Å². The second kappa shape index (κ2) is 9.64. The van der Waals surface area contributed by atoms with Gasteiger partial charge in [0.2, 0.25) is 5.91 Å². The molecule has 4 nitrogen and oxygen atoms in total. The van der Waals surface area contributed by atoms with Crippen LogP contribution in [-0.4, -0.2) is 17.6 Å². The summed E-state index contributed by atoms with van der Waals surface area (Å²) in [5.74, 6) is 0.229. The maximum absolute atomic E-state index is 13.7. The summed E-state index contributed by atoms with van der Waals surface area (Å²) in [5.41, 5.74) is 1.84. The average molecular weight is 403 g/mol. The van der Waals surface area contributed by atoms with Crippen LogP contribution in [0.5, 0.6) is 5.75 Å². The first-order valence-electron chi connectivity index (χ1n) is 9.26. The van der Waals surface area contributed by atoms with E-state index in [0.717, 1.165) is 23.3 Å². The van der Waals surface area contributed by atoms with Crippen molar-refractivity contribution in [3.05, 3.63) is 59.4 Å². The monoisotopic (exact) mass is 402 g/mol. The van der Waals surface area contributed by atoms with Gasteiger partial charge in [-0.3, -0.25) is 4.79 Å². The van der Waals surface area contributed by atoms with Gasteiger partial charge in [0, 0.05) is 5.41 Å². The Morgan fingerprint density at radius 1 is 1.18 bits per heavy atom. The van der Waals surface area contributed by atoms with Gasteiger partial charge in [-0.2, -0.15) is 0 Å². The highest BCUT2D eigenvalue weighted by atomic mass is 32.1. The van der Waals surface area contributed by atoms with Crippen molar-refractivity contribution >= 4 is 28.9 Å². The van der Waals surface area contributed by atoms with Crippen LogP contribution >= 0.6 is 12.2 Å². The topological polar surface area (TPSA) is 50.4 Å². The van der Waals surface area contributed by atoms with Crippen LogP contribution in [0.2, 0.25) is 0 Å². The second-order valence-electron chi connectivity index (χ2n) is 7.49. The van der Waals surface area contributed by atoms with Gasteiger partial charge >= 0.3 is 0 Å². The van der Waals surface area contributed by atoms with Crippen molar-refractivity contribution in [3.8, 4) is 5.75 Å². The third kappa shape index (κ3) is 6.30. The molecule has 28 heavy (non-hydrogen) atoms. The summed E-state index contributed by atoms with van der Waals surface area (Å²) in [6.45, 7) is 8.27. The molecule has 2 N–H and O–H groups in total. The summed E-state index contributed by atoms with van der Waals surface area (Å²) in [5, 5.41) is 5.44. The fourth-order valence-electron chi connectivity index (χ4n) is 2.66. The highest BCUT2D eigenvalue weighted by molar-refractivity contribution is 7.80. The third-order valence-electron chi connectivity index (χ3n) is 4.51. The van der Waals surface area contributed by atoms with Gasteiger partial charge in [-0.1, -0.05) is 38.1 Å². The van der Waals surface area contributed by atoms with E-state index in [-0.39, 0.29) is 16.7 Å². The van der Waals surface area contributed by atoms with Crippen molar-refractivity contribution in [2.45, 2.75) is 40.5 Å². The SMILES string of the molecule is Cc1ccc(C)c(OCCCC(C)(C)C(=O)NC(=S)Nc2ccccc2F)c1. The number of rotatable bonds is 7. The van der Waals surface area contributed by atoms with Crippen LogP contribution in [0.1, 0.15) is 37.8 Å². The Hall–Kier alpha value is -2.47. The number of thiocarbonyl (C=S) groups is 1. The smallest absolute Gasteiger partial charge is 0.231 e. The number of hydrogen-bond acceptors (Lipinski definition) is 3. The lowest BCUT2D eigenvalue weighted by molar-refractivity contribution is -0.128. The molecule has 0 saturated carbocycles. The number of hydrogen-bond donors (Lipinski definition) is 2. The number of aryl methyl sites for hydroxylation is 2. The molecule has 150 valence electrons. The molecule has 0 aliphatic heterocycles. The van der Waals surface area contributed by atoms with Crippen molar-refractivity contribution in [3.63, 3.8) is 0 Å². The highest BCUT2D eigenvalue weighted by Crippen LogP contribution is 2.24. The van der Waals surface area contributed by atoms with Crippen molar-refractivity contribution < 1.29 is 13.9 Å². The molecule has 0 unspecified atom stereocenters. The molecule has 0 saturated heterocycles. The van der Waals surface area contributed by atoms with Crippen LogP contribution in [0, 0.1) is 25.1 Å². The summed E-state index contributed by atoms with van der Waals surface area (Å²) in [6.07, 6.45) is 1.35. The molecule has 2 aromatic carbocycles. The summed E-state index contributed by atoms with van der Waals surface area (Å²) >= 11 is 5.13. The molecular weight excluding hydrogens is 375 g/mol. The predicted molar refractivity (Wildman–Crippen MR) is 115 cm³/mol. The van der Waals surface area contributed by atoms with Crippen LogP contribution in [-0.2, 0) is 4.79 Å². The number of halogens is 1. The molecule has 0 radical (unpaired) electrons. The van der Waals surface area contributed by atoms with E-state index < -0.39 is 11.2 Å². The molecule has 0 fully saturated rings. The first-order valence-corrected chi connectivity index (χ1v) is 9.67. The van der Waals surface area contributed by atoms with E-state index in [1.165, 1.54) is 6.07 Å². The van der Waals surface area contributed by atoms with Gasteiger partial charge in [-0.05, 0) is 68.2 Å². The first kappa shape index (κ1) is 21.8. The number of benzene rings is 2. The lowest BCUT2D eigenvalue weighted by Crippen LogP contribution is -2.42. The van der Waals surface area contributed by atoms with Crippen LogP contribution in [0.15, 0.2) is 42.5 Å². The van der Waals surface area contributed by atoms with Crippen LogP contribution in [0.3, 0.4) is 0 Å². The molecule has 0 aliphatic carbocycles. The Bertz CT molecular complexity index is 852. The number of anilines is 1. The van der Waals surface area contributed by atoms with Gasteiger partial charge < -0.3 is 15.4 Å². The normalized spacial score (nSPS) is 11.0. The van der Waals surface area contributed by atoms with E-state index in [1.54, 1.807) is 18.2 Å². The first-order chi connectivity index (χ1) is 13.2. The number of para-hydroxylation sites is 1. The van der Waals surface area contributed by atoms with Crippen LogP contribution in [0.4, 0.5) is 10.1 Å². The van der Waals surface area contributed by atoms with Crippen molar-refractivity contribution in [1.29, 1.82) is 0 Å². The molecule has 0 aromatic heterocycles. The molecule has 0 atom stereocenters. The number of ether oxygens (including phenoxy) is 1. The quantitative estimate of drug-likeness (QED) is 0.497. The van der Waals surface area contributed by atoms with Crippen molar-refractivity contribution in [1.82, 2.24) is 5.32 Å². The van der Waals surface area contributed by atoms with E-state index in [9.17, 15) is 9.18 Å². The number of nitrogens with one attached hydrogen (secondary N) is 2. The Morgan fingerprint density at radius 3 is 2.61 bits per heavy atom. The molecule has 6 heteroatoms. The lowest BCUT2D eigenvalue weighted by atomic mass is 9.87. The fraction of sp³-hybridized carbons (Fsp3) is 0.364. The summed E-state index contributed by atoms with van der Waals surface area (Å²) < 4.78 is 19.5. The van der Waals surface area contributed by atoms with Gasteiger partial charge in [-0.25, -0.2) is 4.39 Å². The van der Waals surface area contributed by atoms with Crippen LogP contribution < -0.4 is 15.4 Å². The molecule has 0 aliphatic rings. The van der Waals surface area contributed by atoms with Crippen LogP contribution in [0.25, 0.3) is 0 Å². The Labute approximate surface area is 171 Å². The third-order valence-corrected chi connectivity index (χ3v) is 4.72. The van der Waals surface area contributed by atoms with Crippen molar-refractivity contribution in [2.75, 3.05) is 11.9 Å². The fourth-order valence-corrected chi connectivity index (χ4v) is 2.86. The Morgan fingerprint density at radius 2 is 1.89 bits per heavy atom. The van der Waals surface area contributed by atoms with Gasteiger partial charge in [0.25, 0.3) is 0 Å². The molecular formula is C22H27FN2O2S. The Kier molecular flexibility index (Phi) is 7.52. The van der Waals surface area contributed by atoms with Gasteiger partial charge in [0.05, 0.1) is 12.3 Å². The van der Waals surface area contributed by atoms with Crippen molar-refractivity contribution in [2.24, 2.45) is 5.41 Å². The predicted octanol–water partition coefficient (Wildman–Crippen LogP) is 5.14. The minimum absolute atomic E-state index is 0.0785. The van der Waals surface area contributed by atoms with E-state index >= 15 is 0 Å². The summed E-state index contributed by atoms with van der Waals surface area (Å²) in [6, 6.07) is 12.3.